The molecule has 108 valence electrons. The van der Waals surface area contributed by atoms with E-state index in [1.807, 2.05) is 0 Å². The normalized spacial score (nSPS) is 14.0. The molecular weight excluding hydrogens is 272 g/mol. The smallest absolute Gasteiger partial charge is 0.269 e. The van der Waals surface area contributed by atoms with Crippen LogP contribution in [0.15, 0.2) is 24.3 Å². The van der Waals surface area contributed by atoms with Crippen LogP contribution in [0.5, 0.6) is 11.6 Å². The third-order valence-electron chi connectivity index (χ3n) is 3.27. The predicted molar refractivity (Wildman–Crippen MR) is 76.3 cm³/mol. The standard InChI is InChI=1S/C14H14N4O3/c1-8-6-10(18(19)20)4-5-11(8)21-13-7-12(15)16-14(17-13)9-2-3-9/h4-7,9H,2-3H2,1H3,(H2,15,16,17). The van der Waals surface area contributed by atoms with E-state index in [1.54, 1.807) is 19.1 Å². The number of nitro groups is 1. The summed E-state index contributed by atoms with van der Waals surface area (Å²) in [6.07, 6.45) is 2.14. The molecule has 2 N–H and O–H groups in total. The summed E-state index contributed by atoms with van der Waals surface area (Å²) >= 11 is 0. The lowest BCUT2D eigenvalue weighted by atomic mass is 10.2. The summed E-state index contributed by atoms with van der Waals surface area (Å²) in [6.45, 7) is 1.74. The Hall–Kier alpha value is -2.70. The Labute approximate surface area is 120 Å². The highest BCUT2D eigenvalue weighted by Crippen LogP contribution is 2.39. The Morgan fingerprint density at radius 3 is 2.71 bits per heavy atom. The van der Waals surface area contributed by atoms with Crippen molar-refractivity contribution < 1.29 is 9.66 Å². The number of nitro benzene ring substituents is 1. The van der Waals surface area contributed by atoms with Gasteiger partial charge >= 0.3 is 0 Å². The van der Waals surface area contributed by atoms with Gasteiger partial charge in [-0.25, -0.2) is 4.98 Å². The van der Waals surface area contributed by atoms with Crippen molar-refractivity contribution in [3.05, 3.63) is 45.8 Å². The second-order valence-electron chi connectivity index (χ2n) is 5.07. The number of hydrogen-bond donors (Lipinski definition) is 1. The highest BCUT2D eigenvalue weighted by Gasteiger charge is 2.27. The largest absolute Gasteiger partial charge is 0.439 e. The highest BCUT2D eigenvalue weighted by molar-refractivity contribution is 5.45. The lowest BCUT2D eigenvalue weighted by molar-refractivity contribution is -0.384. The Kier molecular flexibility index (Phi) is 3.17. The van der Waals surface area contributed by atoms with E-state index in [9.17, 15) is 10.1 Å². The van der Waals surface area contributed by atoms with E-state index in [0.29, 0.717) is 34.8 Å². The van der Waals surface area contributed by atoms with Crippen molar-refractivity contribution in [2.75, 3.05) is 5.73 Å². The number of non-ortho nitro benzene ring substituents is 1. The van der Waals surface area contributed by atoms with E-state index in [4.69, 9.17) is 10.5 Å². The maximum absolute atomic E-state index is 10.7. The van der Waals surface area contributed by atoms with Gasteiger partial charge in [-0.15, -0.1) is 0 Å². The molecule has 1 aromatic heterocycles. The predicted octanol–water partition coefficient (Wildman–Crippen LogP) is 2.95. The third kappa shape index (κ3) is 2.91. The minimum Gasteiger partial charge on any atom is -0.439 e. The first-order valence-electron chi connectivity index (χ1n) is 6.60. The zero-order chi connectivity index (χ0) is 15.0. The molecule has 7 heteroatoms. The van der Waals surface area contributed by atoms with Crippen LogP contribution >= 0.6 is 0 Å². The van der Waals surface area contributed by atoms with Gasteiger partial charge in [-0.1, -0.05) is 0 Å². The summed E-state index contributed by atoms with van der Waals surface area (Å²) in [4.78, 5) is 18.8. The first kappa shape index (κ1) is 13.3. The molecule has 1 heterocycles. The van der Waals surface area contributed by atoms with E-state index in [0.717, 1.165) is 12.8 Å². The van der Waals surface area contributed by atoms with Gasteiger partial charge in [-0.2, -0.15) is 4.98 Å². The summed E-state index contributed by atoms with van der Waals surface area (Å²) in [6, 6.07) is 5.96. The molecule has 1 fully saturated rings. The van der Waals surface area contributed by atoms with Crippen molar-refractivity contribution in [3.63, 3.8) is 0 Å². The van der Waals surface area contributed by atoms with Gasteiger partial charge in [0.25, 0.3) is 5.69 Å². The third-order valence-corrected chi connectivity index (χ3v) is 3.27. The van der Waals surface area contributed by atoms with E-state index in [2.05, 4.69) is 9.97 Å². The van der Waals surface area contributed by atoms with E-state index >= 15 is 0 Å². The SMILES string of the molecule is Cc1cc([N+](=O)[O-])ccc1Oc1cc(N)nc(C2CC2)n1. The molecule has 0 aliphatic heterocycles. The molecule has 1 saturated carbocycles. The minimum absolute atomic E-state index is 0.0284. The van der Waals surface area contributed by atoms with Crippen LogP contribution in [0.4, 0.5) is 11.5 Å². The van der Waals surface area contributed by atoms with Crippen LogP contribution in [-0.4, -0.2) is 14.9 Å². The lowest BCUT2D eigenvalue weighted by Crippen LogP contribution is -2.01. The molecule has 0 spiro atoms. The fourth-order valence-electron chi connectivity index (χ4n) is 2.01. The zero-order valence-electron chi connectivity index (χ0n) is 11.4. The molecule has 0 amide bonds. The number of nitrogen functional groups attached to an aromatic ring is 1. The number of ether oxygens (including phenoxy) is 1. The van der Waals surface area contributed by atoms with E-state index in [-0.39, 0.29) is 5.69 Å². The second kappa shape index (κ2) is 5.01. The molecule has 1 aliphatic carbocycles. The van der Waals surface area contributed by atoms with Gasteiger partial charge in [0.1, 0.15) is 17.4 Å². The van der Waals surface area contributed by atoms with E-state index in [1.165, 1.54) is 12.1 Å². The first-order chi connectivity index (χ1) is 10.0. The summed E-state index contributed by atoms with van der Waals surface area (Å²) in [7, 11) is 0. The van der Waals surface area contributed by atoms with Gasteiger partial charge in [0.05, 0.1) is 4.92 Å². The zero-order valence-corrected chi connectivity index (χ0v) is 11.4. The van der Waals surface area contributed by atoms with Gasteiger partial charge in [0, 0.05) is 24.1 Å². The summed E-state index contributed by atoms with van der Waals surface area (Å²) in [5.41, 5.74) is 6.45. The van der Waals surface area contributed by atoms with Gasteiger partial charge in [-0.05, 0) is 31.4 Å². The Morgan fingerprint density at radius 1 is 1.33 bits per heavy atom. The maximum Gasteiger partial charge on any atom is 0.269 e. The number of rotatable bonds is 4. The van der Waals surface area contributed by atoms with Crippen molar-refractivity contribution in [3.8, 4) is 11.6 Å². The number of anilines is 1. The number of benzene rings is 1. The van der Waals surface area contributed by atoms with E-state index < -0.39 is 4.92 Å². The number of aryl methyl sites for hydroxylation is 1. The van der Waals surface area contributed by atoms with Crippen LogP contribution in [0.1, 0.15) is 30.1 Å². The van der Waals surface area contributed by atoms with Gasteiger partial charge in [0.15, 0.2) is 0 Å². The average Bonchev–Trinajstić information content (AvgIpc) is 3.24. The van der Waals surface area contributed by atoms with Gasteiger partial charge in [-0.3, -0.25) is 10.1 Å². The Morgan fingerprint density at radius 2 is 2.10 bits per heavy atom. The van der Waals surface area contributed by atoms with Crippen molar-refractivity contribution in [2.45, 2.75) is 25.7 Å². The van der Waals surface area contributed by atoms with Crippen molar-refractivity contribution in [1.29, 1.82) is 0 Å². The molecule has 3 rings (SSSR count). The van der Waals surface area contributed by atoms with Crippen LogP contribution in [0.3, 0.4) is 0 Å². The van der Waals surface area contributed by atoms with Gasteiger partial charge in [0.2, 0.25) is 5.88 Å². The maximum atomic E-state index is 10.7. The van der Waals surface area contributed by atoms with Gasteiger partial charge < -0.3 is 10.5 Å². The fourth-order valence-corrected chi connectivity index (χ4v) is 2.01. The molecule has 0 saturated heterocycles. The molecule has 0 bridgehead atoms. The number of nitrogens with zero attached hydrogens (tertiary/aromatic N) is 3. The topological polar surface area (TPSA) is 104 Å². The molecule has 1 aliphatic rings. The summed E-state index contributed by atoms with van der Waals surface area (Å²) in [5, 5.41) is 10.7. The highest BCUT2D eigenvalue weighted by atomic mass is 16.6. The molecule has 0 atom stereocenters. The summed E-state index contributed by atoms with van der Waals surface area (Å²) in [5.74, 6) is 2.31. The number of hydrogen-bond acceptors (Lipinski definition) is 6. The minimum atomic E-state index is -0.440. The molecule has 21 heavy (non-hydrogen) atoms. The Bertz CT molecular complexity index is 713. The molecule has 2 aromatic rings. The average molecular weight is 286 g/mol. The molecule has 7 nitrogen and oxygen atoms in total. The van der Waals surface area contributed by atoms with Crippen molar-refractivity contribution in [1.82, 2.24) is 9.97 Å². The second-order valence-corrected chi connectivity index (χ2v) is 5.07. The molecular formula is C14H14N4O3. The summed E-state index contributed by atoms with van der Waals surface area (Å²) < 4.78 is 5.69. The van der Waals surface area contributed by atoms with Crippen LogP contribution in [0, 0.1) is 17.0 Å². The van der Waals surface area contributed by atoms with Crippen molar-refractivity contribution >= 4 is 11.5 Å². The number of nitrogens with two attached hydrogens (primary N) is 1. The monoisotopic (exact) mass is 286 g/mol. The Balaban J connectivity index is 1.88. The van der Waals surface area contributed by atoms with Crippen LogP contribution < -0.4 is 10.5 Å². The molecule has 0 unspecified atom stereocenters. The number of aromatic nitrogens is 2. The van der Waals surface area contributed by atoms with Crippen molar-refractivity contribution in [2.24, 2.45) is 0 Å². The molecule has 0 radical (unpaired) electrons. The van der Waals surface area contributed by atoms with Crippen LogP contribution in [0.2, 0.25) is 0 Å². The van der Waals surface area contributed by atoms with Crippen LogP contribution in [0.25, 0.3) is 0 Å². The van der Waals surface area contributed by atoms with Crippen LogP contribution in [-0.2, 0) is 0 Å². The quantitative estimate of drug-likeness (QED) is 0.684. The lowest BCUT2D eigenvalue weighted by Gasteiger charge is -2.09. The molecule has 1 aromatic carbocycles. The first-order valence-corrected chi connectivity index (χ1v) is 6.60. The fraction of sp³-hybridized carbons (Fsp3) is 0.286.